The molecule has 0 amide bonds. The van der Waals surface area contributed by atoms with Gasteiger partial charge in [0, 0.05) is 18.0 Å². The summed E-state index contributed by atoms with van der Waals surface area (Å²) in [4.78, 5) is 28.5. The smallest absolute Gasteiger partial charge is 0.335 e. The van der Waals surface area contributed by atoms with E-state index in [0.717, 1.165) is 23.9 Å². The highest BCUT2D eigenvalue weighted by Crippen LogP contribution is 2.21. The van der Waals surface area contributed by atoms with Gasteiger partial charge >= 0.3 is 5.97 Å². The first-order valence-corrected chi connectivity index (χ1v) is 6.24. The number of H-pyrrole nitrogens is 1. The van der Waals surface area contributed by atoms with Gasteiger partial charge in [-0.2, -0.15) is 0 Å². The van der Waals surface area contributed by atoms with Crippen molar-refractivity contribution in [3.8, 4) is 0 Å². The number of aromatic amines is 1. The fourth-order valence-corrected chi connectivity index (χ4v) is 2.30. The van der Waals surface area contributed by atoms with Crippen molar-refractivity contribution in [1.82, 2.24) is 9.97 Å². The SMILES string of the molecule is O=C(O)c1ccc(F)cc1CSc1nccc(=O)[nH]1. The summed E-state index contributed by atoms with van der Waals surface area (Å²) >= 11 is 1.13. The fourth-order valence-electron chi connectivity index (χ4n) is 1.46. The molecule has 1 aromatic carbocycles. The lowest BCUT2D eigenvalue weighted by Crippen LogP contribution is -2.06. The first-order valence-electron chi connectivity index (χ1n) is 5.26. The van der Waals surface area contributed by atoms with Gasteiger partial charge < -0.3 is 10.1 Å². The molecule has 0 aliphatic carbocycles. The zero-order valence-corrected chi connectivity index (χ0v) is 10.4. The van der Waals surface area contributed by atoms with Gasteiger partial charge in [-0.3, -0.25) is 4.79 Å². The third-order valence-electron chi connectivity index (χ3n) is 2.31. The van der Waals surface area contributed by atoms with Gasteiger partial charge in [-0.05, 0) is 23.8 Å². The standard InChI is InChI=1S/C12H9FN2O3S/c13-8-1-2-9(11(17)18)7(5-8)6-19-12-14-4-3-10(16)15-12/h1-5H,6H2,(H,17,18)(H,14,15,16). The molecule has 0 saturated carbocycles. The molecule has 0 saturated heterocycles. The number of rotatable bonds is 4. The Bertz CT molecular complexity index is 672. The van der Waals surface area contributed by atoms with Gasteiger partial charge in [0.1, 0.15) is 5.82 Å². The molecule has 2 aromatic rings. The van der Waals surface area contributed by atoms with E-state index in [2.05, 4.69) is 9.97 Å². The number of benzene rings is 1. The molecule has 0 unspecified atom stereocenters. The topological polar surface area (TPSA) is 83.0 Å². The van der Waals surface area contributed by atoms with Gasteiger partial charge in [-0.25, -0.2) is 14.2 Å². The predicted molar refractivity (Wildman–Crippen MR) is 67.8 cm³/mol. The summed E-state index contributed by atoms with van der Waals surface area (Å²) in [5, 5.41) is 9.35. The third-order valence-corrected chi connectivity index (χ3v) is 3.25. The van der Waals surface area contributed by atoms with E-state index in [4.69, 9.17) is 5.11 Å². The number of carbonyl (C=O) groups is 1. The normalized spacial score (nSPS) is 10.4. The number of carboxylic acids is 1. The molecule has 0 aliphatic rings. The van der Waals surface area contributed by atoms with E-state index in [1.165, 1.54) is 18.3 Å². The lowest BCUT2D eigenvalue weighted by Gasteiger charge is -2.05. The summed E-state index contributed by atoms with van der Waals surface area (Å²) in [5.74, 6) is -1.42. The van der Waals surface area contributed by atoms with Crippen molar-refractivity contribution in [1.29, 1.82) is 0 Å². The van der Waals surface area contributed by atoms with Gasteiger partial charge in [-0.15, -0.1) is 0 Å². The van der Waals surface area contributed by atoms with Gasteiger partial charge in [0.15, 0.2) is 5.16 Å². The Morgan fingerprint density at radius 1 is 1.42 bits per heavy atom. The fraction of sp³-hybridized carbons (Fsp3) is 0.0833. The van der Waals surface area contributed by atoms with E-state index in [-0.39, 0.29) is 16.9 Å². The Morgan fingerprint density at radius 3 is 2.89 bits per heavy atom. The summed E-state index contributed by atoms with van der Waals surface area (Å²) in [6, 6.07) is 4.75. The second-order valence-electron chi connectivity index (χ2n) is 3.63. The first kappa shape index (κ1) is 13.3. The summed E-state index contributed by atoms with van der Waals surface area (Å²) in [6.07, 6.45) is 1.35. The number of nitrogens with one attached hydrogen (secondary N) is 1. The molecule has 98 valence electrons. The van der Waals surface area contributed by atoms with E-state index in [9.17, 15) is 14.0 Å². The highest BCUT2D eigenvalue weighted by atomic mass is 32.2. The molecule has 0 atom stereocenters. The number of nitrogens with zero attached hydrogens (tertiary/aromatic N) is 1. The van der Waals surface area contributed by atoms with Crippen molar-refractivity contribution in [3.63, 3.8) is 0 Å². The molecule has 0 bridgehead atoms. The molecule has 1 heterocycles. The Morgan fingerprint density at radius 2 is 2.21 bits per heavy atom. The van der Waals surface area contributed by atoms with Crippen LogP contribution in [0.15, 0.2) is 40.4 Å². The molecule has 5 nitrogen and oxygen atoms in total. The van der Waals surface area contributed by atoms with Crippen LogP contribution in [0.25, 0.3) is 0 Å². The Labute approximate surface area is 111 Å². The Hall–Kier alpha value is -2.15. The van der Waals surface area contributed by atoms with E-state index >= 15 is 0 Å². The number of aromatic nitrogens is 2. The van der Waals surface area contributed by atoms with Crippen molar-refractivity contribution in [2.75, 3.05) is 0 Å². The van der Waals surface area contributed by atoms with Crippen molar-refractivity contribution in [2.45, 2.75) is 10.9 Å². The minimum atomic E-state index is -1.12. The maximum atomic E-state index is 13.1. The predicted octanol–water partition coefficient (Wildman–Crippen LogP) is 1.90. The van der Waals surface area contributed by atoms with Crippen LogP contribution >= 0.6 is 11.8 Å². The number of thioether (sulfide) groups is 1. The van der Waals surface area contributed by atoms with Gasteiger partial charge in [0.2, 0.25) is 0 Å². The van der Waals surface area contributed by atoms with Crippen molar-refractivity contribution in [2.24, 2.45) is 0 Å². The van der Waals surface area contributed by atoms with Crippen LogP contribution in [0.5, 0.6) is 0 Å². The summed E-state index contributed by atoms with van der Waals surface area (Å²) in [5.41, 5.74) is 0.0754. The van der Waals surface area contributed by atoms with Gasteiger partial charge in [0.05, 0.1) is 5.56 Å². The number of aromatic carboxylic acids is 1. The quantitative estimate of drug-likeness (QED) is 0.660. The highest BCUT2D eigenvalue weighted by molar-refractivity contribution is 7.98. The third kappa shape index (κ3) is 3.41. The van der Waals surface area contributed by atoms with Crippen LogP contribution in [0.3, 0.4) is 0 Å². The summed E-state index contributed by atoms with van der Waals surface area (Å²) < 4.78 is 13.1. The highest BCUT2D eigenvalue weighted by Gasteiger charge is 2.11. The van der Waals surface area contributed by atoms with E-state index in [1.54, 1.807) is 0 Å². The second-order valence-corrected chi connectivity index (χ2v) is 4.60. The van der Waals surface area contributed by atoms with Crippen molar-refractivity contribution >= 4 is 17.7 Å². The monoisotopic (exact) mass is 280 g/mol. The van der Waals surface area contributed by atoms with Crippen LogP contribution in [0.2, 0.25) is 0 Å². The van der Waals surface area contributed by atoms with E-state index in [1.807, 2.05) is 0 Å². The number of halogens is 1. The molecular formula is C12H9FN2O3S. The van der Waals surface area contributed by atoms with Crippen LogP contribution in [-0.2, 0) is 5.75 Å². The molecule has 0 spiro atoms. The summed E-state index contributed by atoms with van der Waals surface area (Å²) in [6.45, 7) is 0. The number of carboxylic acid groups (broad SMARTS) is 1. The largest absolute Gasteiger partial charge is 0.478 e. The average Bonchev–Trinajstić information content (AvgIpc) is 2.36. The van der Waals surface area contributed by atoms with Crippen molar-refractivity contribution < 1.29 is 14.3 Å². The first-order chi connectivity index (χ1) is 9.06. The van der Waals surface area contributed by atoms with Gasteiger partial charge in [0.25, 0.3) is 5.56 Å². The summed E-state index contributed by atoms with van der Waals surface area (Å²) in [7, 11) is 0. The molecule has 7 heteroatoms. The minimum absolute atomic E-state index is 0.0344. The van der Waals surface area contributed by atoms with Crippen LogP contribution in [0.4, 0.5) is 4.39 Å². The zero-order chi connectivity index (χ0) is 13.8. The van der Waals surface area contributed by atoms with Crippen LogP contribution < -0.4 is 5.56 Å². The Kier molecular flexibility index (Phi) is 3.96. The van der Waals surface area contributed by atoms with E-state index < -0.39 is 11.8 Å². The molecule has 0 radical (unpaired) electrons. The number of hydrogen-bond acceptors (Lipinski definition) is 4. The maximum absolute atomic E-state index is 13.1. The molecule has 0 fully saturated rings. The van der Waals surface area contributed by atoms with Gasteiger partial charge in [-0.1, -0.05) is 11.8 Å². The lowest BCUT2D eigenvalue weighted by molar-refractivity contribution is 0.0696. The van der Waals surface area contributed by atoms with Crippen LogP contribution in [-0.4, -0.2) is 21.0 Å². The molecule has 2 rings (SSSR count). The number of hydrogen-bond donors (Lipinski definition) is 2. The van der Waals surface area contributed by atoms with Crippen LogP contribution in [0, 0.1) is 5.82 Å². The molecular weight excluding hydrogens is 271 g/mol. The van der Waals surface area contributed by atoms with E-state index in [0.29, 0.717) is 10.7 Å². The molecule has 0 aliphatic heterocycles. The van der Waals surface area contributed by atoms with Crippen LogP contribution in [0.1, 0.15) is 15.9 Å². The average molecular weight is 280 g/mol. The van der Waals surface area contributed by atoms with Crippen molar-refractivity contribution in [3.05, 3.63) is 57.8 Å². The molecule has 2 N–H and O–H groups in total. The Balaban J connectivity index is 2.21. The molecule has 19 heavy (non-hydrogen) atoms. The second kappa shape index (κ2) is 5.66. The minimum Gasteiger partial charge on any atom is -0.478 e. The maximum Gasteiger partial charge on any atom is 0.335 e. The lowest BCUT2D eigenvalue weighted by atomic mass is 10.1. The molecule has 1 aromatic heterocycles. The zero-order valence-electron chi connectivity index (χ0n) is 9.59.